The fourth-order valence-electron chi connectivity index (χ4n) is 0.287. The second-order valence-corrected chi connectivity index (χ2v) is 1.26. The highest BCUT2D eigenvalue weighted by atomic mass is 16.4. The van der Waals surface area contributed by atoms with Crippen molar-refractivity contribution in [2.75, 3.05) is 13.7 Å². The summed E-state index contributed by atoms with van der Waals surface area (Å²) in [4.78, 5) is 0. The molecule has 0 rings (SSSR count). The molecule has 3 heteroatoms. The molecule has 0 heterocycles. The average Bonchev–Trinajstić information content (AvgIpc) is 1.81. The standard InChI is InChI=1S/C5H9BNO/c1-3-4-5-7-6-8-2/h1,7H,4-5H2,2H3. The Hall–Kier alpha value is -0.455. The number of terminal acetylenes is 1. The van der Waals surface area contributed by atoms with Crippen LogP contribution in [0.1, 0.15) is 6.42 Å². The van der Waals surface area contributed by atoms with Crippen molar-refractivity contribution in [3.8, 4) is 12.3 Å². The SMILES string of the molecule is C#CCCN[B]OC. The zero-order valence-corrected chi connectivity index (χ0v) is 4.98. The van der Waals surface area contributed by atoms with Gasteiger partial charge in [0.1, 0.15) is 0 Å². The van der Waals surface area contributed by atoms with Crippen molar-refractivity contribution >= 4 is 7.62 Å². The normalized spacial score (nSPS) is 8.00. The highest BCUT2D eigenvalue weighted by Crippen LogP contribution is 1.66. The summed E-state index contributed by atoms with van der Waals surface area (Å²) >= 11 is 0. The van der Waals surface area contributed by atoms with E-state index in [-0.39, 0.29) is 0 Å². The van der Waals surface area contributed by atoms with Gasteiger partial charge in [-0.2, -0.15) is 0 Å². The lowest BCUT2D eigenvalue weighted by Crippen LogP contribution is -2.21. The van der Waals surface area contributed by atoms with Gasteiger partial charge in [0.05, 0.1) is 0 Å². The van der Waals surface area contributed by atoms with E-state index in [1.54, 1.807) is 7.11 Å². The molecule has 43 valence electrons. The van der Waals surface area contributed by atoms with E-state index in [9.17, 15) is 0 Å². The molecule has 0 bridgehead atoms. The maximum Gasteiger partial charge on any atom is 0.395 e. The lowest BCUT2D eigenvalue weighted by molar-refractivity contribution is 0.431. The van der Waals surface area contributed by atoms with Crippen LogP contribution in [-0.2, 0) is 4.65 Å². The summed E-state index contributed by atoms with van der Waals surface area (Å²) in [6, 6.07) is 0. The summed E-state index contributed by atoms with van der Waals surface area (Å²) in [5, 5.41) is 2.85. The molecule has 0 atom stereocenters. The minimum Gasteiger partial charge on any atom is -0.427 e. The van der Waals surface area contributed by atoms with Crippen molar-refractivity contribution in [2.45, 2.75) is 6.42 Å². The Morgan fingerprint density at radius 3 is 3.12 bits per heavy atom. The maximum absolute atomic E-state index is 4.97. The molecule has 0 unspecified atom stereocenters. The van der Waals surface area contributed by atoms with Crippen molar-refractivity contribution in [1.82, 2.24) is 5.23 Å². The van der Waals surface area contributed by atoms with Gasteiger partial charge in [-0.25, -0.2) is 0 Å². The predicted molar refractivity (Wildman–Crippen MR) is 34.2 cm³/mol. The second kappa shape index (κ2) is 6.54. The Labute approximate surface area is 50.9 Å². The van der Waals surface area contributed by atoms with Crippen LogP contribution in [0.3, 0.4) is 0 Å². The molecule has 0 aromatic carbocycles. The van der Waals surface area contributed by atoms with Gasteiger partial charge >= 0.3 is 7.62 Å². The molecular formula is C5H9BNO. The molecule has 0 aliphatic heterocycles. The molecule has 0 saturated heterocycles. The average molecular weight is 110 g/mol. The van der Waals surface area contributed by atoms with E-state index in [2.05, 4.69) is 15.8 Å². The maximum atomic E-state index is 4.97. The van der Waals surface area contributed by atoms with E-state index in [1.807, 2.05) is 0 Å². The van der Waals surface area contributed by atoms with Gasteiger partial charge in [-0.15, -0.1) is 12.3 Å². The summed E-state index contributed by atoms with van der Waals surface area (Å²) in [5.41, 5.74) is 0. The molecule has 0 aromatic rings. The number of hydrogen-bond donors (Lipinski definition) is 1. The van der Waals surface area contributed by atoms with Gasteiger partial charge in [-0.05, 0) is 6.54 Å². The number of nitrogens with one attached hydrogen (secondary N) is 1. The fourth-order valence-corrected chi connectivity index (χ4v) is 0.287. The van der Waals surface area contributed by atoms with Gasteiger partial charge in [0.15, 0.2) is 0 Å². The van der Waals surface area contributed by atoms with Gasteiger partial charge in [-0.3, -0.25) is 0 Å². The lowest BCUT2D eigenvalue weighted by atomic mass is 10.2. The Bertz CT molecular complexity index is 79.0. The van der Waals surface area contributed by atoms with Crippen LogP contribution in [0.15, 0.2) is 0 Å². The number of rotatable bonds is 4. The zero-order valence-electron chi connectivity index (χ0n) is 4.98. The monoisotopic (exact) mass is 110 g/mol. The molecule has 0 aliphatic rings. The molecular weight excluding hydrogens is 101 g/mol. The third-order valence-electron chi connectivity index (χ3n) is 0.615. The summed E-state index contributed by atoms with van der Waals surface area (Å²) in [5.74, 6) is 2.49. The molecule has 2 nitrogen and oxygen atoms in total. The minimum absolute atomic E-state index is 0.736. The first kappa shape index (κ1) is 7.54. The molecule has 0 amide bonds. The zero-order chi connectivity index (χ0) is 6.24. The first-order chi connectivity index (χ1) is 3.91. The van der Waals surface area contributed by atoms with Gasteiger partial charge in [-0.1, -0.05) is 0 Å². The Morgan fingerprint density at radius 2 is 2.62 bits per heavy atom. The van der Waals surface area contributed by atoms with E-state index in [0.29, 0.717) is 0 Å². The Kier molecular flexibility index (Phi) is 6.17. The van der Waals surface area contributed by atoms with Crippen molar-refractivity contribution in [3.05, 3.63) is 0 Å². The Morgan fingerprint density at radius 1 is 1.88 bits per heavy atom. The highest BCUT2D eigenvalue weighted by molar-refractivity contribution is 6.23. The molecule has 8 heavy (non-hydrogen) atoms. The summed E-state index contributed by atoms with van der Waals surface area (Å²) in [7, 11) is 3.10. The molecule has 0 saturated carbocycles. The van der Waals surface area contributed by atoms with Crippen LogP contribution in [0.25, 0.3) is 0 Å². The predicted octanol–water partition coefficient (Wildman–Crippen LogP) is -0.220. The fraction of sp³-hybridized carbons (Fsp3) is 0.600. The third-order valence-corrected chi connectivity index (χ3v) is 0.615. The van der Waals surface area contributed by atoms with Gasteiger partial charge in [0.25, 0.3) is 0 Å². The van der Waals surface area contributed by atoms with Crippen LogP contribution in [0, 0.1) is 12.3 Å². The third kappa shape index (κ3) is 5.54. The van der Waals surface area contributed by atoms with Crippen molar-refractivity contribution in [3.63, 3.8) is 0 Å². The van der Waals surface area contributed by atoms with Gasteiger partial charge in [0, 0.05) is 13.5 Å². The van der Waals surface area contributed by atoms with Crippen LogP contribution in [0.2, 0.25) is 0 Å². The van der Waals surface area contributed by atoms with E-state index < -0.39 is 0 Å². The smallest absolute Gasteiger partial charge is 0.395 e. The largest absolute Gasteiger partial charge is 0.427 e. The Balaban J connectivity index is 2.65. The summed E-state index contributed by atoms with van der Waals surface area (Å²) in [6.45, 7) is 0.782. The van der Waals surface area contributed by atoms with E-state index in [0.717, 1.165) is 13.0 Å². The summed E-state index contributed by atoms with van der Waals surface area (Å²) in [6.07, 6.45) is 5.70. The molecule has 1 radical (unpaired) electrons. The molecule has 0 aliphatic carbocycles. The molecule has 0 spiro atoms. The van der Waals surface area contributed by atoms with Crippen LogP contribution < -0.4 is 5.23 Å². The van der Waals surface area contributed by atoms with Crippen LogP contribution in [0.4, 0.5) is 0 Å². The van der Waals surface area contributed by atoms with Crippen LogP contribution >= 0.6 is 0 Å². The second-order valence-electron chi connectivity index (χ2n) is 1.26. The van der Waals surface area contributed by atoms with Crippen molar-refractivity contribution in [2.24, 2.45) is 0 Å². The first-order valence-electron chi connectivity index (χ1n) is 2.43. The van der Waals surface area contributed by atoms with E-state index >= 15 is 0 Å². The topological polar surface area (TPSA) is 21.3 Å². The highest BCUT2D eigenvalue weighted by Gasteiger charge is 1.83. The summed E-state index contributed by atoms with van der Waals surface area (Å²) < 4.78 is 4.58. The lowest BCUT2D eigenvalue weighted by Gasteiger charge is -1.93. The number of hydrogen-bond acceptors (Lipinski definition) is 2. The molecule has 0 fully saturated rings. The minimum atomic E-state index is 0.736. The molecule has 0 aromatic heterocycles. The first-order valence-corrected chi connectivity index (χ1v) is 2.43. The van der Waals surface area contributed by atoms with E-state index in [4.69, 9.17) is 6.42 Å². The molecule has 1 N–H and O–H groups in total. The van der Waals surface area contributed by atoms with Gasteiger partial charge in [0.2, 0.25) is 0 Å². The van der Waals surface area contributed by atoms with Crippen molar-refractivity contribution < 1.29 is 4.65 Å². The van der Waals surface area contributed by atoms with Crippen LogP contribution in [0.5, 0.6) is 0 Å². The van der Waals surface area contributed by atoms with Gasteiger partial charge < -0.3 is 9.88 Å². The quantitative estimate of drug-likeness (QED) is 0.307. The van der Waals surface area contributed by atoms with Crippen LogP contribution in [-0.4, -0.2) is 21.3 Å². The van der Waals surface area contributed by atoms with Crippen molar-refractivity contribution in [1.29, 1.82) is 0 Å². The van der Waals surface area contributed by atoms with E-state index in [1.165, 1.54) is 7.62 Å².